The standard InChI is InChI=1S/C50H42BNOSi/c1-30(2)34-27-37(31(3)4)49-38(28-34)32(5)33-25-26-48-42(29-33)52(41-19-14-21-44-50(41)51(49)39-17-8-10-20-43(39)53-44)40-18-9-13-24-47(40)54(48)45-22-11-6-15-35(45)36-16-7-12-23-46(36)54/h6-32H,1-5H3. The van der Waals surface area contributed by atoms with Crippen LogP contribution >= 0.6 is 0 Å². The van der Waals surface area contributed by atoms with E-state index < -0.39 is 8.07 Å². The first-order valence-electron chi connectivity index (χ1n) is 19.7. The van der Waals surface area contributed by atoms with Crippen LogP contribution in [0.15, 0.2) is 146 Å². The number of para-hydroxylation sites is 2. The molecule has 0 saturated heterocycles. The smallest absolute Gasteiger partial charge is 0.254 e. The molecule has 0 saturated carbocycles. The maximum Gasteiger partial charge on any atom is 0.254 e. The van der Waals surface area contributed by atoms with Crippen LogP contribution in [0.4, 0.5) is 17.1 Å². The molecule has 54 heavy (non-hydrogen) atoms. The molecule has 1 unspecified atom stereocenters. The van der Waals surface area contributed by atoms with Crippen LogP contribution in [0.2, 0.25) is 0 Å². The summed E-state index contributed by atoms with van der Waals surface area (Å²) in [5, 5.41) is 5.89. The molecule has 1 atom stereocenters. The minimum Gasteiger partial charge on any atom is -0.458 e. The predicted octanol–water partition coefficient (Wildman–Crippen LogP) is 8.16. The third kappa shape index (κ3) is 4.07. The second kappa shape index (κ2) is 11.5. The van der Waals surface area contributed by atoms with Gasteiger partial charge in [0.05, 0.1) is 0 Å². The molecule has 0 aromatic heterocycles. The van der Waals surface area contributed by atoms with Crippen molar-refractivity contribution in [2.24, 2.45) is 0 Å². The van der Waals surface area contributed by atoms with Gasteiger partial charge in [0.25, 0.3) is 6.71 Å². The Morgan fingerprint density at radius 3 is 1.93 bits per heavy atom. The highest BCUT2D eigenvalue weighted by Gasteiger charge is 2.54. The molecule has 4 aliphatic rings. The van der Waals surface area contributed by atoms with Crippen LogP contribution in [0, 0.1) is 0 Å². The van der Waals surface area contributed by atoms with Crippen molar-refractivity contribution in [2.75, 3.05) is 4.90 Å². The minimum atomic E-state index is -2.72. The summed E-state index contributed by atoms with van der Waals surface area (Å²) in [4.78, 5) is 2.62. The number of anilines is 3. The number of ether oxygens (including phenoxy) is 1. The highest BCUT2D eigenvalue weighted by atomic mass is 28.3. The Kier molecular flexibility index (Phi) is 6.77. The number of rotatable bonds is 2. The fourth-order valence-corrected chi connectivity index (χ4v) is 16.1. The third-order valence-electron chi connectivity index (χ3n) is 13.0. The number of hydrogen-bond donors (Lipinski definition) is 0. The SMILES string of the molecule is CC(C)c1cc(C(C)C)c2c(c1)C(C)c1ccc3c(c1)N(c1ccccc1[Si]31c3ccccc3-c3ccccc31)c1cccc3c1B2c1ccccc1O3. The Bertz CT molecular complexity index is 2670. The quantitative estimate of drug-likeness (QED) is 0.168. The zero-order valence-electron chi connectivity index (χ0n) is 31.5. The van der Waals surface area contributed by atoms with E-state index in [0.717, 1.165) is 11.5 Å². The van der Waals surface area contributed by atoms with Crippen molar-refractivity contribution in [2.45, 2.75) is 52.4 Å². The molecule has 2 bridgehead atoms. The average Bonchev–Trinajstić information content (AvgIpc) is 3.49. The van der Waals surface area contributed by atoms with Crippen LogP contribution in [0.1, 0.15) is 74.6 Å². The molecule has 4 aliphatic heterocycles. The van der Waals surface area contributed by atoms with Crippen LogP contribution in [0.3, 0.4) is 0 Å². The number of hydrogen-bond acceptors (Lipinski definition) is 2. The van der Waals surface area contributed by atoms with E-state index in [1.807, 2.05) is 0 Å². The van der Waals surface area contributed by atoms with E-state index in [-0.39, 0.29) is 12.6 Å². The minimum absolute atomic E-state index is 0.00195. The molecule has 0 aliphatic carbocycles. The average molecular weight is 712 g/mol. The van der Waals surface area contributed by atoms with Gasteiger partial charge in [0.15, 0.2) is 8.07 Å². The van der Waals surface area contributed by atoms with E-state index in [1.54, 1.807) is 0 Å². The fraction of sp³-hybridized carbons (Fsp3) is 0.160. The zero-order chi connectivity index (χ0) is 36.5. The molecule has 11 rings (SSSR count). The van der Waals surface area contributed by atoms with Gasteiger partial charge in [-0.2, -0.15) is 0 Å². The third-order valence-corrected chi connectivity index (χ3v) is 18.0. The number of fused-ring (bicyclic) bond motifs is 15. The van der Waals surface area contributed by atoms with Crippen molar-refractivity contribution in [3.05, 3.63) is 168 Å². The molecule has 0 radical (unpaired) electrons. The van der Waals surface area contributed by atoms with E-state index in [2.05, 4.69) is 185 Å². The molecule has 0 N–H and O–H groups in total. The van der Waals surface area contributed by atoms with Crippen molar-refractivity contribution < 1.29 is 4.74 Å². The van der Waals surface area contributed by atoms with Gasteiger partial charge in [-0.3, -0.25) is 0 Å². The van der Waals surface area contributed by atoms with Gasteiger partial charge in [0.2, 0.25) is 0 Å². The predicted molar refractivity (Wildman–Crippen MR) is 231 cm³/mol. The summed E-state index contributed by atoms with van der Waals surface area (Å²) >= 11 is 0. The molecule has 0 amide bonds. The van der Waals surface area contributed by atoms with E-state index >= 15 is 0 Å². The first kappa shape index (κ1) is 31.9. The molecule has 1 spiro atoms. The van der Waals surface area contributed by atoms with Gasteiger partial charge in [0, 0.05) is 23.0 Å². The molecule has 260 valence electrons. The fourth-order valence-electron chi connectivity index (χ4n) is 10.6. The van der Waals surface area contributed by atoms with Gasteiger partial charge < -0.3 is 9.64 Å². The Balaban J connectivity index is 1.32. The van der Waals surface area contributed by atoms with Crippen molar-refractivity contribution in [3.8, 4) is 22.6 Å². The van der Waals surface area contributed by atoms with Crippen LogP contribution in [0.25, 0.3) is 11.1 Å². The summed E-state index contributed by atoms with van der Waals surface area (Å²) in [5.74, 6) is 2.84. The maximum absolute atomic E-state index is 6.95. The first-order valence-corrected chi connectivity index (χ1v) is 21.7. The lowest BCUT2D eigenvalue weighted by Gasteiger charge is -2.46. The van der Waals surface area contributed by atoms with Gasteiger partial charge in [-0.25, -0.2) is 0 Å². The summed E-state index contributed by atoms with van der Waals surface area (Å²) < 4.78 is 6.95. The molecule has 2 nitrogen and oxygen atoms in total. The first-order chi connectivity index (χ1) is 26.4. The number of nitrogens with zero attached hydrogens (tertiary/aromatic N) is 1. The van der Waals surface area contributed by atoms with E-state index in [0.29, 0.717) is 11.8 Å². The van der Waals surface area contributed by atoms with Gasteiger partial charge in [-0.15, -0.1) is 0 Å². The summed E-state index contributed by atoms with van der Waals surface area (Å²) in [6.45, 7) is 11.9. The van der Waals surface area contributed by atoms with Crippen molar-refractivity contribution in [1.29, 1.82) is 0 Å². The lowest BCUT2D eigenvalue weighted by atomic mass is 9.33. The molecule has 0 fully saturated rings. The Morgan fingerprint density at radius 2 is 1.19 bits per heavy atom. The Hall–Kier alpha value is -5.58. The molecule has 7 aromatic rings. The van der Waals surface area contributed by atoms with Crippen LogP contribution in [0.5, 0.6) is 11.5 Å². The molecular weight excluding hydrogens is 669 g/mol. The van der Waals surface area contributed by atoms with Gasteiger partial charge in [-0.1, -0.05) is 155 Å². The van der Waals surface area contributed by atoms with Crippen LogP contribution < -0.4 is 46.8 Å². The summed E-state index contributed by atoms with van der Waals surface area (Å²) in [6, 6.07) is 56.0. The van der Waals surface area contributed by atoms with Crippen molar-refractivity contribution >= 4 is 69.0 Å². The van der Waals surface area contributed by atoms with Crippen molar-refractivity contribution in [1.82, 2.24) is 0 Å². The normalized spacial score (nSPS) is 16.2. The van der Waals surface area contributed by atoms with E-state index in [4.69, 9.17) is 4.74 Å². The maximum atomic E-state index is 6.95. The van der Waals surface area contributed by atoms with Crippen LogP contribution in [-0.2, 0) is 0 Å². The van der Waals surface area contributed by atoms with E-state index in [1.165, 1.54) is 87.6 Å². The lowest BCUT2D eigenvalue weighted by Crippen LogP contribution is -2.75. The molecule has 7 aromatic carbocycles. The highest BCUT2D eigenvalue weighted by Crippen LogP contribution is 2.45. The number of benzene rings is 7. The molecule has 4 heterocycles. The summed E-state index contributed by atoms with van der Waals surface area (Å²) in [6.07, 6.45) is 0. The topological polar surface area (TPSA) is 12.5 Å². The van der Waals surface area contributed by atoms with E-state index in [9.17, 15) is 0 Å². The Morgan fingerprint density at radius 1 is 0.556 bits per heavy atom. The lowest BCUT2D eigenvalue weighted by molar-refractivity contribution is 0.487. The van der Waals surface area contributed by atoms with Gasteiger partial charge >= 0.3 is 0 Å². The second-order valence-corrected chi connectivity index (χ2v) is 20.0. The van der Waals surface area contributed by atoms with Gasteiger partial charge in [0.1, 0.15) is 11.5 Å². The second-order valence-electron chi connectivity index (χ2n) is 16.4. The largest absolute Gasteiger partial charge is 0.458 e. The van der Waals surface area contributed by atoms with Gasteiger partial charge in [-0.05, 0) is 107 Å². The van der Waals surface area contributed by atoms with Crippen molar-refractivity contribution in [3.63, 3.8) is 0 Å². The Labute approximate surface area is 320 Å². The highest BCUT2D eigenvalue weighted by molar-refractivity contribution is 7.23. The molecule has 4 heteroatoms. The van der Waals surface area contributed by atoms with Crippen LogP contribution in [-0.4, -0.2) is 14.8 Å². The molecular formula is C50H42BNOSi. The summed E-state index contributed by atoms with van der Waals surface area (Å²) in [7, 11) is -2.72. The summed E-state index contributed by atoms with van der Waals surface area (Å²) in [5.41, 5.74) is 16.1. The zero-order valence-corrected chi connectivity index (χ0v) is 32.5. The monoisotopic (exact) mass is 711 g/mol.